The monoisotopic (exact) mass is 335 g/mol. The molecule has 6 nitrogen and oxygen atoms in total. The van der Waals surface area contributed by atoms with Crippen molar-refractivity contribution in [1.29, 1.82) is 0 Å². The molecular weight excluding hydrogens is 314 g/mol. The van der Waals surface area contributed by atoms with Gasteiger partial charge in [-0.2, -0.15) is 11.3 Å². The third-order valence-corrected chi connectivity index (χ3v) is 4.76. The Morgan fingerprint density at radius 3 is 2.96 bits per heavy atom. The van der Waals surface area contributed by atoms with E-state index >= 15 is 0 Å². The van der Waals surface area contributed by atoms with Gasteiger partial charge in [0.25, 0.3) is 0 Å². The van der Waals surface area contributed by atoms with Crippen molar-refractivity contribution in [2.75, 3.05) is 13.1 Å². The van der Waals surface area contributed by atoms with E-state index in [2.05, 4.69) is 15.9 Å². The Hall–Kier alpha value is -1.86. The van der Waals surface area contributed by atoms with E-state index in [9.17, 15) is 4.79 Å². The van der Waals surface area contributed by atoms with Gasteiger partial charge in [-0.05, 0) is 43.2 Å². The Balaban J connectivity index is 1.62. The number of morpholine rings is 1. The SMILES string of the molecule is Cc1noc(C)c1CNC(=O)N1C[C@@H](C)O[C@@H](c2ccsc2)C1. The van der Waals surface area contributed by atoms with Crippen molar-refractivity contribution >= 4 is 17.4 Å². The van der Waals surface area contributed by atoms with Gasteiger partial charge in [0.1, 0.15) is 11.9 Å². The Morgan fingerprint density at radius 1 is 1.48 bits per heavy atom. The number of aryl methyl sites for hydroxylation is 2. The molecule has 1 aliphatic rings. The highest BCUT2D eigenvalue weighted by Crippen LogP contribution is 2.26. The minimum atomic E-state index is -0.0830. The number of carbonyl (C=O) groups is 1. The van der Waals surface area contributed by atoms with Gasteiger partial charge in [0.05, 0.1) is 18.3 Å². The minimum absolute atomic E-state index is 0.0125. The van der Waals surface area contributed by atoms with E-state index in [-0.39, 0.29) is 18.2 Å². The first kappa shape index (κ1) is 16.0. The molecule has 2 aromatic rings. The number of urea groups is 1. The molecular formula is C16H21N3O3S. The number of nitrogens with one attached hydrogen (secondary N) is 1. The Bertz CT molecular complexity index is 649. The zero-order valence-electron chi connectivity index (χ0n) is 13.5. The first-order chi connectivity index (χ1) is 11.0. The van der Waals surface area contributed by atoms with Gasteiger partial charge in [-0.1, -0.05) is 5.16 Å². The molecule has 1 saturated heterocycles. The summed E-state index contributed by atoms with van der Waals surface area (Å²) in [6.45, 7) is 7.30. The summed E-state index contributed by atoms with van der Waals surface area (Å²) in [5.74, 6) is 0.745. The molecule has 2 aromatic heterocycles. The molecule has 2 amide bonds. The summed E-state index contributed by atoms with van der Waals surface area (Å²) in [6, 6.07) is 1.97. The second-order valence-electron chi connectivity index (χ2n) is 5.86. The Kier molecular flexibility index (Phi) is 4.68. The fourth-order valence-corrected chi connectivity index (χ4v) is 3.49. The van der Waals surface area contributed by atoms with Crippen LogP contribution in [-0.4, -0.2) is 35.3 Å². The molecule has 2 atom stereocenters. The molecule has 124 valence electrons. The zero-order chi connectivity index (χ0) is 16.4. The number of thiophene rings is 1. The summed E-state index contributed by atoms with van der Waals surface area (Å²) >= 11 is 1.64. The number of nitrogens with zero attached hydrogens (tertiary/aromatic N) is 2. The van der Waals surface area contributed by atoms with Gasteiger partial charge in [-0.15, -0.1) is 0 Å². The molecule has 3 rings (SSSR count). The highest BCUT2D eigenvalue weighted by atomic mass is 32.1. The molecule has 1 fully saturated rings. The second kappa shape index (κ2) is 6.72. The summed E-state index contributed by atoms with van der Waals surface area (Å²) in [7, 11) is 0. The number of carbonyl (C=O) groups excluding carboxylic acids is 1. The van der Waals surface area contributed by atoms with E-state index in [0.717, 1.165) is 22.6 Å². The molecule has 23 heavy (non-hydrogen) atoms. The predicted molar refractivity (Wildman–Crippen MR) is 87.4 cm³/mol. The van der Waals surface area contributed by atoms with Crippen molar-refractivity contribution in [3.63, 3.8) is 0 Å². The third-order valence-electron chi connectivity index (χ3n) is 4.06. The van der Waals surface area contributed by atoms with E-state index in [1.165, 1.54) is 0 Å². The van der Waals surface area contributed by atoms with Gasteiger partial charge in [0, 0.05) is 18.7 Å². The van der Waals surface area contributed by atoms with Crippen LogP contribution in [0, 0.1) is 13.8 Å². The first-order valence-corrected chi connectivity index (χ1v) is 8.61. The van der Waals surface area contributed by atoms with E-state index in [1.807, 2.05) is 37.1 Å². The van der Waals surface area contributed by atoms with Crippen LogP contribution in [0.1, 0.15) is 35.6 Å². The maximum absolute atomic E-state index is 12.5. The zero-order valence-corrected chi connectivity index (χ0v) is 14.4. The van der Waals surface area contributed by atoms with Crippen LogP contribution < -0.4 is 5.32 Å². The number of hydrogen-bond donors (Lipinski definition) is 1. The second-order valence-corrected chi connectivity index (χ2v) is 6.64. The van der Waals surface area contributed by atoms with Crippen LogP contribution in [0.2, 0.25) is 0 Å². The Labute approximate surface area is 139 Å². The minimum Gasteiger partial charge on any atom is -0.367 e. The number of aromatic nitrogens is 1. The molecule has 7 heteroatoms. The topological polar surface area (TPSA) is 67.6 Å². The first-order valence-electron chi connectivity index (χ1n) is 7.66. The van der Waals surface area contributed by atoms with Gasteiger partial charge >= 0.3 is 6.03 Å². The molecule has 1 N–H and O–H groups in total. The molecule has 0 spiro atoms. The van der Waals surface area contributed by atoms with Gasteiger partial charge in [0.15, 0.2) is 0 Å². The van der Waals surface area contributed by atoms with Crippen molar-refractivity contribution in [2.45, 2.75) is 39.5 Å². The molecule has 0 unspecified atom stereocenters. The summed E-state index contributed by atoms with van der Waals surface area (Å²) in [5, 5.41) is 11.0. The van der Waals surface area contributed by atoms with Crippen molar-refractivity contribution in [3.8, 4) is 0 Å². The molecule has 0 bridgehead atoms. The summed E-state index contributed by atoms with van der Waals surface area (Å²) in [5.41, 5.74) is 2.88. The quantitative estimate of drug-likeness (QED) is 0.936. The lowest BCUT2D eigenvalue weighted by atomic mass is 10.1. The summed E-state index contributed by atoms with van der Waals surface area (Å²) in [6.07, 6.45) is -0.0479. The van der Waals surface area contributed by atoms with Crippen LogP contribution in [0.4, 0.5) is 4.79 Å². The molecule has 0 aliphatic carbocycles. The van der Waals surface area contributed by atoms with Crippen molar-refractivity contribution in [1.82, 2.24) is 15.4 Å². The van der Waals surface area contributed by atoms with Crippen LogP contribution in [0.5, 0.6) is 0 Å². The van der Waals surface area contributed by atoms with Crippen LogP contribution >= 0.6 is 11.3 Å². The van der Waals surface area contributed by atoms with E-state index in [4.69, 9.17) is 9.26 Å². The lowest BCUT2D eigenvalue weighted by Gasteiger charge is -2.36. The summed E-state index contributed by atoms with van der Waals surface area (Å²) < 4.78 is 11.1. The van der Waals surface area contributed by atoms with Gasteiger partial charge in [0.2, 0.25) is 0 Å². The van der Waals surface area contributed by atoms with Crippen molar-refractivity contribution in [3.05, 3.63) is 39.4 Å². The summed E-state index contributed by atoms with van der Waals surface area (Å²) in [4.78, 5) is 14.3. The lowest BCUT2D eigenvalue weighted by Crippen LogP contribution is -2.49. The van der Waals surface area contributed by atoms with Crippen LogP contribution in [0.3, 0.4) is 0 Å². The number of hydrogen-bond acceptors (Lipinski definition) is 5. The number of rotatable bonds is 3. The number of amides is 2. The molecule has 1 aliphatic heterocycles. The predicted octanol–water partition coefficient (Wildman–Crippen LogP) is 3.02. The third kappa shape index (κ3) is 3.56. The van der Waals surface area contributed by atoms with Gasteiger partial charge < -0.3 is 19.5 Å². The average Bonchev–Trinajstić information content (AvgIpc) is 3.16. The van der Waals surface area contributed by atoms with Crippen LogP contribution in [-0.2, 0) is 11.3 Å². The van der Waals surface area contributed by atoms with Crippen LogP contribution in [0.15, 0.2) is 21.3 Å². The molecule has 0 radical (unpaired) electrons. The molecule has 0 saturated carbocycles. The van der Waals surface area contributed by atoms with Gasteiger partial charge in [-0.25, -0.2) is 4.79 Å². The van der Waals surface area contributed by atoms with Crippen molar-refractivity contribution < 1.29 is 14.1 Å². The lowest BCUT2D eigenvalue weighted by molar-refractivity contribution is -0.0655. The largest absolute Gasteiger partial charge is 0.367 e. The van der Waals surface area contributed by atoms with E-state index < -0.39 is 0 Å². The Morgan fingerprint density at radius 2 is 2.30 bits per heavy atom. The van der Waals surface area contributed by atoms with Crippen molar-refractivity contribution in [2.24, 2.45) is 0 Å². The smallest absolute Gasteiger partial charge is 0.317 e. The average molecular weight is 335 g/mol. The van der Waals surface area contributed by atoms with E-state index in [1.54, 1.807) is 11.3 Å². The van der Waals surface area contributed by atoms with Gasteiger partial charge in [-0.3, -0.25) is 0 Å². The highest BCUT2D eigenvalue weighted by Gasteiger charge is 2.29. The normalized spacial score (nSPS) is 21.4. The van der Waals surface area contributed by atoms with E-state index in [0.29, 0.717) is 19.6 Å². The maximum atomic E-state index is 12.5. The molecule has 3 heterocycles. The maximum Gasteiger partial charge on any atom is 0.317 e. The van der Waals surface area contributed by atoms with Crippen LogP contribution in [0.25, 0.3) is 0 Å². The standard InChI is InChI=1S/C16H21N3O3S/c1-10-7-19(8-15(21-10)13-4-5-23-9-13)16(20)17-6-14-11(2)18-22-12(14)3/h4-5,9-10,15H,6-8H2,1-3H3,(H,17,20)/t10-,15-/m1/s1. The fraction of sp³-hybridized carbons (Fsp3) is 0.500. The highest BCUT2D eigenvalue weighted by molar-refractivity contribution is 7.07. The molecule has 0 aromatic carbocycles. The number of ether oxygens (including phenoxy) is 1. The fourth-order valence-electron chi connectivity index (χ4n) is 2.79.